The molecule has 2 heterocycles. The second-order valence-corrected chi connectivity index (χ2v) is 4.93. The van der Waals surface area contributed by atoms with Crippen LogP contribution in [0.25, 0.3) is 0 Å². The van der Waals surface area contributed by atoms with Gasteiger partial charge in [0.2, 0.25) is 5.95 Å². The van der Waals surface area contributed by atoms with Crippen LogP contribution in [0.2, 0.25) is 0 Å². The maximum Gasteiger partial charge on any atom is 0.226 e. The van der Waals surface area contributed by atoms with Crippen molar-refractivity contribution in [3.05, 3.63) is 47.4 Å². The van der Waals surface area contributed by atoms with E-state index in [2.05, 4.69) is 15.4 Å². The average molecular weight is 284 g/mol. The van der Waals surface area contributed by atoms with Crippen LogP contribution in [0.1, 0.15) is 25.5 Å². The van der Waals surface area contributed by atoms with E-state index in [9.17, 15) is 4.79 Å². The van der Waals surface area contributed by atoms with Crippen LogP contribution in [0.15, 0.2) is 41.9 Å². The van der Waals surface area contributed by atoms with E-state index in [0.717, 1.165) is 17.0 Å². The number of aromatic nitrogens is 3. The number of benzene rings is 1. The Morgan fingerprint density at radius 2 is 2.24 bits per heavy atom. The van der Waals surface area contributed by atoms with Crippen LogP contribution >= 0.6 is 0 Å². The van der Waals surface area contributed by atoms with E-state index in [1.54, 1.807) is 18.7 Å². The van der Waals surface area contributed by atoms with Gasteiger partial charge >= 0.3 is 0 Å². The van der Waals surface area contributed by atoms with Crippen molar-refractivity contribution < 1.29 is 9.53 Å². The number of carbonyl (C=O) groups is 1. The zero-order chi connectivity index (χ0) is 15.0. The van der Waals surface area contributed by atoms with Gasteiger partial charge in [-0.25, -0.2) is 4.68 Å². The number of allylic oxidation sites excluding steroid dienone is 2. The standard InChI is InChI=1S/C15H16N4O2/c1-9-13(10(2)20)14(19-15(18-9)16-8-17-19)11-5-4-6-12(7-11)21-3/h4-8,14H,1-3H3,(H,16,17,18)/t14-/m1/s1. The van der Waals surface area contributed by atoms with Crippen LogP contribution in [-0.4, -0.2) is 27.7 Å². The largest absolute Gasteiger partial charge is 0.497 e. The predicted octanol–water partition coefficient (Wildman–Crippen LogP) is 2.16. The van der Waals surface area contributed by atoms with Gasteiger partial charge in [-0.05, 0) is 31.5 Å². The van der Waals surface area contributed by atoms with Crippen molar-refractivity contribution in [3.8, 4) is 5.75 Å². The van der Waals surface area contributed by atoms with E-state index >= 15 is 0 Å². The monoisotopic (exact) mass is 284 g/mol. The summed E-state index contributed by atoms with van der Waals surface area (Å²) >= 11 is 0. The number of ether oxygens (including phenoxy) is 1. The predicted molar refractivity (Wildman–Crippen MR) is 78.2 cm³/mol. The zero-order valence-corrected chi connectivity index (χ0v) is 12.1. The highest BCUT2D eigenvalue weighted by Gasteiger charge is 2.31. The first-order valence-electron chi connectivity index (χ1n) is 6.64. The molecule has 1 N–H and O–H groups in total. The molecule has 108 valence electrons. The summed E-state index contributed by atoms with van der Waals surface area (Å²) in [7, 11) is 1.62. The molecule has 0 fully saturated rings. The van der Waals surface area contributed by atoms with Gasteiger partial charge in [0.1, 0.15) is 18.1 Å². The maximum absolute atomic E-state index is 12.1. The van der Waals surface area contributed by atoms with Crippen LogP contribution in [0.4, 0.5) is 5.95 Å². The molecule has 21 heavy (non-hydrogen) atoms. The van der Waals surface area contributed by atoms with Gasteiger partial charge in [-0.15, -0.1) is 0 Å². The molecule has 0 saturated heterocycles. The van der Waals surface area contributed by atoms with Gasteiger partial charge in [0, 0.05) is 11.3 Å². The van der Waals surface area contributed by atoms with E-state index in [0.29, 0.717) is 11.5 Å². The summed E-state index contributed by atoms with van der Waals surface area (Å²) in [4.78, 5) is 16.3. The third-order valence-electron chi connectivity index (χ3n) is 3.58. The summed E-state index contributed by atoms with van der Waals surface area (Å²) < 4.78 is 7.00. The Morgan fingerprint density at radius 3 is 2.95 bits per heavy atom. The van der Waals surface area contributed by atoms with Crippen molar-refractivity contribution in [2.45, 2.75) is 19.9 Å². The SMILES string of the molecule is COc1cccc([C@@H]2C(C(C)=O)=C(C)Nc3ncnn32)c1. The first-order chi connectivity index (χ1) is 10.1. The number of nitrogens with one attached hydrogen (secondary N) is 1. The van der Waals surface area contributed by atoms with Crippen molar-refractivity contribution in [3.63, 3.8) is 0 Å². The lowest BCUT2D eigenvalue weighted by Gasteiger charge is -2.28. The lowest BCUT2D eigenvalue weighted by Crippen LogP contribution is -2.27. The van der Waals surface area contributed by atoms with Crippen LogP contribution in [0.3, 0.4) is 0 Å². The molecule has 3 rings (SSSR count). The molecule has 1 aliphatic heterocycles. The molecule has 0 spiro atoms. The van der Waals surface area contributed by atoms with Crippen molar-refractivity contribution in [1.82, 2.24) is 14.8 Å². The Kier molecular flexibility index (Phi) is 3.21. The highest BCUT2D eigenvalue weighted by molar-refractivity contribution is 5.96. The molecule has 1 atom stereocenters. The molecule has 6 nitrogen and oxygen atoms in total. The van der Waals surface area contributed by atoms with Gasteiger partial charge in [0.25, 0.3) is 0 Å². The van der Waals surface area contributed by atoms with Gasteiger partial charge in [0.05, 0.1) is 7.11 Å². The van der Waals surface area contributed by atoms with Crippen molar-refractivity contribution >= 4 is 11.7 Å². The number of ketones is 1. The summed E-state index contributed by atoms with van der Waals surface area (Å²) in [6.07, 6.45) is 1.48. The summed E-state index contributed by atoms with van der Waals surface area (Å²) in [5.74, 6) is 1.38. The first kappa shape index (κ1) is 13.4. The minimum absolute atomic E-state index is 0.00831. The molecule has 0 amide bonds. The van der Waals surface area contributed by atoms with Crippen molar-refractivity contribution in [2.24, 2.45) is 0 Å². The number of rotatable bonds is 3. The number of hydrogen-bond acceptors (Lipinski definition) is 5. The molecule has 1 aromatic carbocycles. The first-order valence-corrected chi connectivity index (χ1v) is 6.64. The molecule has 0 bridgehead atoms. The minimum Gasteiger partial charge on any atom is -0.497 e. The van der Waals surface area contributed by atoms with E-state index in [1.807, 2.05) is 31.2 Å². The van der Waals surface area contributed by atoms with Gasteiger partial charge < -0.3 is 10.1 Å². The maximum atomic E-state index is 12.1. The van der Waals surface area contributed by atoms with Gasteiger partial charge in [-0.1, -0.05) is 12.1 Å². The van der Waals surface area contributed by atoms with E-state index in [1.165, 1.54) is 6.33 Å². The van der Waals surface area contributed by atoms with E-state index in [4.69, 9.17) is 4.74 Å². The molecule has 0 radical (unpaired) electrons. The fourth-order valence-electron chi connectivity index (χ4n) is 2.67. The molecular weight excluding hydrogens is 268 g/mol. The fraction of sp³-hybridized carbons (Fsp3) is 0.267. The summed E-state index contributed by atoms with van der Waals surface area (Å²) in [6.45, 7) is 3.44. The number of methoxy groups -OCH3 is 1. The fourth-order valence-corrected chi connectivity index (χ4v) is 2.67. The Bertz CT molecular complexity index is 733. The zero-order valence-electron chi connectivity index (χ0n) is 12.1. The Hall–Kier alpha value is -2.63. The highest BCUT2D eigenvalue weighted by Crippen LogP contribution is 2.35. The number of nitrogens with zero attached hydrogens (tertiary/aromatic N) is 3. The normalized spacial score (nSPS) is 17.2. The molecule has 1 aliphatic rings. The number of anilines is 1. The van der Waals surface area contributed by atoms with Crippen LogP contribution in [0.5, 0.6) is 5.75 Å². The van der Waals surface area contributed by atoms with E-state index in [-0.39, 0.29) is 11.8 Å². The molecule has 2 aromatic rings. The lowest BCUT2D eigenvalue weighted by atomic mass is 9.93. The second kappa shape index (κ2) is 5.05. The number of carbonyl (C=O) groups excluding carboxylic acids is 1. The van der Waals surface area contributed by atoms with Crippen LogP contribution in [-0.2, 0) is 4.79 Å². The van der Waals surface area contributed by atoms with Crippen molar-refractivity contribution in [2.75, 3.05) is 12.4 Å². The summed E-state index contributed by atoms with van der Waals surface area (Å²) in [5, 5.41) is 7.37. The molecule has 0 saturated carbocycles. The lowest BCUT2D eigenvalue weighted by molar-refractivity contribution is -0.114. The number of fused-ring (bicyclic) bond motifs is 1. The number of Topliss-reactive ketones (excluding diaryl/α,β-unsaturated/α-hetero) is 1. The van der Waals surface area contributed by atoms with Crippen LogP contribution < -0.4 is 10.1 Å². The van der Waals surface area contributed by atoms with E-state index < -0.39 is 0 Å². The summed E-state index contributed by atoms with van der Waals surface area (Å²) in [6, 6.07) is 7.35. The molecule has 1 aromatic heterocycles. The highest BCUT2D eigenvalue weighted by atomic mass is 16.5. The average Bonchev–Trinajstić information content (AvgIpc) is 2.93. The topological polar surface area (TPSA) is 69.0 Å². The summed E-state index contributed by atoms with van der Waals surface area (Å²) in [5.41, 5.74) is 2.42. The van der Waals surface area contributed by atoms with Gasteiger partial charge in [0.15, 0.2) is 5.78 Å². The second-order valence-electron chi connectivity index (χ2n) is 4.93. The Morgan fingerprint density at radius 1 is 1.43 bits per heavy atom. The number of hydrogen-bond donors (Lipinski definition) is 1. The quantitative estimate of drug-likeness (QED) is 0.935. The van der Waals surface area contributed by atoms with Crippen molar-refractivity contribution in [1.29, 1.82) is 0 Å². The molecular formula is C15H16N4O2. The molecule has 6 heteroatoms. The van der Waals surface area contributed by atoms with Gasteiger partial charge in [-0.2, -0.15) is 10.1 Å². The molecule has 0 unspecified atom stereocenters. The Balaban J connectivity index is 2.19. The minimum atomic E-state index is -0.295. The molecule has 0 aliphatic carbocycles. The van der Waals surface area contributed by atoms with Gasteiger partial charge in [-0.3, -0.25) is 4.79 Å². The van der Waals surface area contributed by atoms with Crippen LogP contribution in [0, 0.1) is 0 Å². The smallest absolute Gasteiger partial charge is 0.226 e. The third kappa shape index (κ3) is 2.18. The Labute approximate surface area is 122 Å². The third-order valence-corrected chi connectivity index (χ3v) is 3.58.